The number of methoxy groups -OCH3 is 2. The van der Waals surface area contributed by atoms with Gasteiger partial charge in [-0.05, 0) is 12.1 Å². The third-order valence-electron chi connectivity index (χ3n) is 3.78. The van der Waals surface area contributed by atoms with Crippen molar-refractivity contribution in [2.24, 2.45) is 0 Å². The summed E-state index contributed by atoms with van der Waals surface area (Å²) in [6, 6.07) is 5.83. The maximum Gasteiger partial charge on any atom is 0.165 e. The van der Waals surface area contributed by atoms with Gasteiger partial charge in [0, 0.05) is 31.0 Å². The van der Waals surface area contributed by atoms with Gasteiger partial charge in [-0.1, -0.05) is 0 Å². The number of carbonyl (C=O) groups excluding carboxylic acids is 1. The Morgan fingerprint density at radius 1 is 1.32 bits per heavy atom. The molecule has 2 heterocycles. The van der Waals surface area contributed by atoms with Gasteiger partial charge in [0.1, 0.15) is 17.6 Å². The van der Waals surface area contributed by atoms with Gasteiger partial charge in [-0.15, -0.1) is 0 Å². The van der Waals surface area contributed by atoms with Crippen molar-refractivity contribution in [3.05, 3.63) is 23.8 Å². The summed E-state index contributed by atoms with van der Waals surface area (Å²) in [4.78, 5) is 17.3. The lowest BCUT2D eigenvalue weighted by Gasteiger charge is -2.26. The molecule has 0 aromatic heterocycles. The lowest BCUT2D eigenvalue weighted by atomic mass is 10.00. The van der Waals surface area contributed by atoms with E-state index in [2.05, 4.69) is 0 Å². The van der Waals surface area contributed by atoms with E-state index in [4.69, 9.17) is 14.3 Å². The topological polar surface area (TPSA) is 48.0 Å². The maximum atomic E-state index is 11.7. The Morgan fingerprint density at radius 2 is 2.16 bits per heavy atom. The molecule has 5 nitrogen and oxygen atoms in total. The highest BCUT2D eigenvalue weighted by molar-refractivity contribution is 5.84. The predicted molar refractivity (Wildman–Crippen MR) is 68.1 cm³/mol. The molecule has 2 aliphatic heterocycles. The number of hydrogen-bond acceptors (Lipinski definition) is 5. The Kier molecular flexibility index (Phi) is 3.16. The second kappa shape index (κ2) is 4.83. The minimum absolute atomic E-state index is 0.0808. The van der Waals surface area contributed by atoms with Gasteiger partial charge in [-0.25, -0.2) is 0 Å². The first-order valence-electron chi connectivity index (χ1n) is 6.41. The van der Waals surface area contributed by atoms with Crippen molar-refractivity contribution in [3.8, 4) is 11.5 Å². The number of hydroxylamine groups is 2. The molecule has 0 aliphatic carbocycles. The summed E-state index contributed by atoms with van der Waals surface area (Å²) in [5.74, 6) is 1.73. The first-order chi connectivity index (χ1) is 9.22. The van der Waals surface area contributed by atoms with Gasteiger partial charge in [-0.3, -0.25) is 9.63 Å². The minimum atomic E-state index is -0.287. The quantitative estimate of drug-likeness (QED) is 0.831. The molecule has 1 aromatic rings. The highest BCUT2D eigenvalue weighted by atomic mass is 16.7. The molecule has 0 N–H and O–H groups in total. The van der Waals surface area contributed by atoms with Crippen LogP contribution in [0.1, 0.15) is 24.4 Å². The molecular weight excluding hydrogens is 246 g/mol. The molecule has 2 aliphatic rings. The highest BCUT2D eigenvalue weighted by Crippen LogP contribution is 2.42. The number of carbonyl (C=O) groups is 1. The van der Waals surface area contributed by atoms with Crippen LogP contribution in [0.2, 0.25) is 0 Å². The van der Waals surface area contributed by atoms with Crippen LogP contribution in [0.4, 0.5) is 0 Å². The molecule has 2 fully saturated rings. The lowest BCUT2D eigenvalue weighted by Crippen LogP contribution is -2.33. The van der Waals surface area contributed by atoms with Crippen LogP contribution >= 0.6 is 0 Å². The lowest BCUT2D eigenvalue weighted by molar-refractivity contribution is -0.190. The Morgan fingerprint density at radius 3 is 2.84 bits per heavy atom. The van der Waals surface area contributed by atoms with E-state index in [9.17, 15) is 4.79 Å². The van der Waals surface area contributed by atoms with Crippen molar-refractivity contribution in [1.29, 1.82) is 0 Å². The van der Waals surface area contributed by atoms with E-state index in [0.29, 0.717) is 19.4 Å². The van der Waals surface area contributed by atoms with Gasteiger partial charge in [0.2, 0.25) is 0 Å². The van der Waals surface area contributed by atoms with Gasteiger partial charge >= 0.3 is 0 Å². The van der Waals surface area contributed by atoms with Crippen LogP contribution in [-0.4, -0.2) is 37.7 Å². The third-order valence-corrected chi connectivity index (χ3v) is 3.78. The summed E-state index contributed by atoms with van der Waals surface area (Å²) < 4.78 is 10.6. The van der Waals surface area contributed by atoms with Gasteiger partial charge in [0.15, 0.2) is 5.78 Å². The van der Waals surface area contributed by atoms with Crippen molar-refractivity contribution in [2.45, 2.75) is 25.0 Å². The summed E-state index contributed by atoms with van der Waals surface area (Å²) >= 11 is 0. The molecule has 1 aromatic carbocycles. The molecule has 0 spiro atoms. The van der Waals surface area contributed by atoms with E-state index in [0.717, 1.165) is 17.1 Å². The van der Waals surface area contributed by atoms with Crippen LogP contribution in [0.25, 0.3) is 0 Å². The van der Waals surface area contributed by atoms with Crippen molar-refractivity contribution in [3.63, 3.8) is 0 Å². The SMILES string of the molecule is COc1ccc([C@@H]2C[C@H]3ON2CCC3=O)c(OC)c1. The second-order valence-electron chi connectivity index (χ2n) is 4.81. The Bertz CT molecular complexity index is 502. The number of ketones is 1. The van der Waals surface area contributed by atoms with Crippen molar-refractivity contribution in [1.82, 2.24) is 5.06 Å². The Hall–Kier alpha value is -1.59. The normalized spacial score (nSPS) is 29.4. The van der Waals surface area contributed by atoms with Gasteiger partial charge in [0.25, 0.3) is 0 Å². The fourth-order valence-electron chi connectivity index (χ4n) is 2.76. The predicted octanol–water partition coefficient (Wildman–Crippen LogP) is 1.72. The first kappa shape index (κ1) is 12.4. The number of nitrogens with zero attached hydrogens (tertiary/aromatic N) is 1. The molecule has 3 rings (SSSR count). The smallest absolute Gasteiger partial charge is 0.165 e. The molecule has 5 heteroatoms. The number of benzene rings is 1. The second-order valence-corrected chi connectivity index (χ2v) is 4.81. The third kappa shape index (κ3) is 2.09. The Balaban J connectivity index is 1.92. The first-order valence-corrected chi connectivity index (χ1v) is 6.41. The van der Waals surface area contributed by atoms with Crippen LogP contribution < -0.4 is 9.47 Å². The van der Waals surface area contributed by atoms with Crippen molar-refractivity contribution in [2.75, 3.05) is 20.8 Å². The summed E-state index contributed by atoms with van der Waals surface area (Å²) in [6.07, 6.45) is 0.979. The van der Waals surface area contributed by atoms with E-state index in [1.807, 2.05) is 23.3 Å². The molecule has 19 heavy (non-hydrogen) atoms. The van der Waals surface area contributed by atoms with Crippen LogP contribution in [0.15, 0.2) is 18.2 Å². The Labute approximate surface area is 112 Å². The number of ether oxygens (including phenoxy) is 2. The zero-order valence-electron chi connectivity index (χ0n) is 11.1. The molecule has 102 valence electrons. The molecular formula is C14H17NO4. The fraction of sp³-hybridized carbons (Fsp3) is 0.500. The van der Waals surface area contributed by atoms with E-state index in [-0.39, 0.29) is 17.9 Å². The number of fused-ring (bicyclic) bond motifs is 2. The van der Waals surface area contributed by atoms with Gasteiger partial charge in [-0.2, -0.15) is 5.06 Å². The van der Waals surface area contributed by atoms with Crippen molar-refractivity contribution < 1.29 is 19.1 Å². The summed E-state index contributed by atoms with van der Waals surface area (Å²) in [6.45, 7) is 0.648. The van der Waals surface area contributed by atoms with Crippen molar-refractivity contribution >= 4 is 5.78 Å². The zero-order valence-corrected chi connectivity index (χ0v) is 11.1. The van der Waals surface area contributed by atoms with Gasteiger partial charge in [0.05, 0.1) is 20.3 Å². The van der Waals surface area contributed by atoms with E-state index >= 15 is 0 Å². The summed E-state index contributed by atoms with van der Waals surface area (Å²) in [7, 11) is 3.27. The van der Waals surface area contributed by atoms with E-state index in [1.165, 1.54) is 0 Å². The summed E-state index contributed by atoms with van der Waals surface area (Å²) in [5.41, 5.74) is 1.04. The maximum absolute atomic E-state index is 11.7. The molecule has 0 saturated carbocycles. The van der Waals surface area contributed by atoms with Gasteiger partial charge < -0.3 is 9.47 Å². The standard InChI is InChI=1S/C14H17NO4/c1-17-9-3-4-10(13(7-9)18-2)11-8-14-12(16)5-6-15(11)19-14/h3-4,7,11,14H,5-6,8H2,1-2H3/t11-,14+/m0/s1. The number of rotatable bonds is 3. The zero-order chi connectivity index (χ0) is 13.4. The number of Topliss-reactive ketones (excluding diaryl/α,β-unsaturated/α-hetero) is 1. The molecule has 0 amide bonds. The molecule has 3 atom stereocenters. The molecule has 2 saturated heterocycles. The van der Waals surface area contributed by atoms with E-state index in [1.54, 1.807) is 14.2 Å². The highest BCUT2D eigenvalue weighted by Gasteiger charge is 2.42. The largest absolute Gasteiger partial charge is 0.497 e. The fourth-order valence-corrected chi connectivity index (χ4v) is 2.76. The van der Waals surface area contributed by atoms with E-state index < -0.39 is 0 Å². The monoisotopic (exact) mass is 263 g/mol. The van der Waals surface area contributed by atoms with Crippen LogP contribution in [0, 0.1) is 0 Å². The summed E-state index contributed by atoms with van der Waals surface area (Å²) in [5, 5.41) is 1.90. The van der Waals surface area contributed by atoms with Crippen LogP contribution in [0.5, 0.6) is 11.5 Å². The molecule has 1 unspecified atom stereocenters. The molecule has 2 bridgehead atoms. The van der Waals surface area contributed by atoms with Crippen LogP contribution in [0.3, 0.4) is 0 Å². The minimum Gasteiger partial charge on any atom is -0.497 e. The average Bonchev–Trinajstić information content (AvgIpc) is 2.81. The van der Waals surface area contributed by atoms with Crippen LogP contribution in [-0.2, 0) is 9.63 Å². The number of hydrogen-bond donors (Lipinski definition) is 0. The molecule has 0 radical (unpaired) electrons. The average molecular weight is 263 g/mol.